The third-order valence-corrected chi connectivity index (χ3v) is 4.19. The molecule has 1 atom stereocenters. The average molecular weight is 283 g/mol. The van der Waals surface area contributed by atoms with Crippen LogP contribution in [0, 0.1) is 17.1 Å². The van der Waals surface area contributed by atoms with Crippen molar-refractivity contribution < 1.29 is 17.6 Å². The maximum atomic E-state index is 13.9. The molecule has 0 aromatic heterocycles. The van der Waals surface area contributed by atoms with Crippen molar-refractivity contribution in [2.24, 2.45) is 5.14 Å². The maximum absolute atomic E-state index is 13.9. The van der Waals surface area contributed by atoms with Gasteiger partial charge in [-0.05, 0) is 12.1 Å². The Morgan fingerprint density at radius 2 is 2.16 bits per heavy atom. The Bertz CT molecular complexity index is 681. The summed E-state index contributed by atoms with van der Waals surface area (Å²) in [5.74, 6) is -1.37. The number of hydrogen-bond acceptors (Lipinski definition) is 4. The molecule has 2 rings (SSSR count). The van der Waals surface area contributed by atoms with Gasteiger partial charge in [-0.3, -0.25) is 4.79 Å². The van der Waals surface area contributed by atoms with Crippen molar-refractivity contribution in [2.75, 3.05) is 11.4 Å². The van der Waals surface area contributed by atoms with Crippen molar-refractivity contribution in [3.05, 3.63) is 29.6 Å². The zero-order valence-corrected chi connectivity index (χ0v) is 10.5. The lowest BCUT2D eigenvalue weighted by Gasteiger charge is -2.17. The molecule has 0 bridgehead atoms. The second-order valence-corrected chi connectivity index (χ2v) is 6.01. The van der Waals surface area contributed by atoms with Gasteiger partial charge in [0.1, 0.15) is 11.3 Å². The lowest BCUT2D eigenvalue weighted by atomic mass is 10.2. The first kappa shape index (κ1) is 13.5. The maximum Gasteiger partial charge on any atom is 0.228 e. The summed E-state index contributed by atoms with van der Waals surface area (Å²) in [4.78, 5) is 12.7. The molecular formula is C11H10FN3O3S. The fourth-order valence-corrected chi connectivity index (χ4v) is 2.67. The first-order valence-electron chi connectivity index (χ1n) is 5.35. The van der Waals surface area contributed by atoms with Gasteiger partial charge in [-0.15, -0.1) is 0 Å². The molecule has 1 saturated heterocycles. The monoisotopic (exact) mass is 283 g/mol. The highest BCUT2D eigenvalue weighted by molar-refractivity contribution is 7.89. The Morgan fingerprint density at radius 1 is 1.47 bits per heavy atom. The second kappa shape index (κ2) is 4.60. The van der Waals surface area contributed by atoms with Gasteiger partial charge in [0.15, 0.2) is 5.82 Å². The van der Waals surface area contributed by atoms with Crippen LogP contribution in [0.5, 0.6) is 0 Å². The number of halogens is 1. The number of benzene rings is 1. The summed E-state index contributed by atoms with van der Waals surface area (Å²) in [6, 6.07) is 5.68. The minimum atomic E-state index is -3.85. The van der Waals surface area contributed by atoms with Gasteiger partial charge in [0.2, 0.25) is 15.9 Å². The second-order valence-electron chi connectivity index (χ2n) is 4.17. The minimum absolute atomic E-state index is 0.102. The lowest BCUT2D eigenvalue weighted by molar-refractivity contribution is -0.117. The number of rotatable bonds is 2. The van der Waals surface area contributed by atoms with Crippen LogP contribution in [-0.4, -0.2) is 26.1 Å². The van der Waals surface area contributed by atoms with Crippen LogP contribution in [0.3, 0.4) is 0 Å². The number of nitriles is 1. The van der Waals surface area contributed by atoms with Gasteiger partial charge in [-0.2, -0.15) is 5.26 Å². The number of amides is 1. The van der Waals surface area contributed by atoms with Crippen LogP contribution >= 0.6 is 0 Å². The summed E-state index contributed by atoms with van der Waals surface area (Å²) in [7, 11) is -3.85. The SMILES string of the molecule is N#Cc1cccc(N2CC(S(N)(=O)=O)CC2=O)c1F. The molecule has 1 aliphatic rings. The van der Waals surface area contributed by atoms with Crippen LogP contribution in [0.4, 0.5) is 10.1 Å². The third-order valence-electron chi connectivity index (χ3n) is 2.94. The Labute approximate surface area is 109 Å². The van der Waals surface area contributed by atoms with Gasteiger partial charge in [-0.1, -0.05) is 6.07 Å². The largest absolute Gasteiger partial charge is 0.308 e. The smallest absolute Gasteiger partial charge is 0.228 e. The molecule has 1 fully saturated rings. The van der Waals surface area contributed by atoms with E-state index in [0.29, 0.717) is 0 Å². The van der Waals surface area contributed by atoms with E-state index >= 15 is 0 Å². The standard InChI is InChI=1S/C11H10FN3O3S/c12-11-7(5-13)2-1-3-9(11)15-6-8(4-10(15)16)19(14,17)18/h1-3,8H,4,6H2,(H2,14,17,18). The van der Waals surface area contributed by atoms with Crippen LogP contribution in [0.25, 0.3) is 0 Å². The zero-order valence-electron chi connectivity index (χ0n) is 9.71. The molecule has 0 radical (unpaired) electrons. The Hall–Kier alpha value is -1.98. The predicted octanol–water partition coefficient (Wildman–Crippen LogP) is 0.0912. The molecule has 1 amide bonds. The van der Waals surface area contributed by atoms with Gasteiger partial charge >= 0.3 is 0 Å². The summed E-state index contributed by atoms with van der Waals surface area (Å²) in [6.45, 7) is -0.205. The molecule has 1 aliphatic heterocycles. The van der Waals surface area contributed by atoms with E-state index < -0.39 is 27.0 Å². The first-order chi connectivity index (χ1) is 8.84. The van der Waals surface area contributed by atoms with Crippen LogP contribution < -0.4 is 10.0 Å². The van der Waals surface area contributed by atoms with Crippen molar-refractivity contribution in [1.82, 2.24) is 0 Å². The molecule has 1 heterocycles. The first-order valence-corrected chi connectivity index (χ1v) is 6.96. The number of nitrogens with two attached hydrogens (primary N) is 1. The topological polar surface area (TPSA) is 104 Å². The Kier molecular flexibility index (Phi) is 3.26. The molecule has 0 saturated carbocycles. The number of sulfonamides is 1. The van der Waals surface area contributed by atoms with E-state index in [2.05, 4.69) is 0 Å². The summed E-state index contributed by atoms with van der Waals surface area (Å²) in [5.41, 5.74) is -0.306. The highest BCUT2D eigenvalue weighted by Gasteiger charge is 2.38. The summed E-state index contributed by atoms with van der Waals surface area (Å²) < 4.78 is 36.4. The fraction of sp³-hybridized carbons (Fsp3) is 0.273. The molecule has 6 nitrogen and oxygen atoms in total. The van der Waals surface area contributed by atoms with E-state index in [9.17, 15) is 17.6 Å². The van der Waals surface area contributed by atoms with Crippen molar-refractivity contribution in [3.8, 4) is 6.07 Å². The van der Waals surface area contributed by atoms with Gasteiger partial charge in [0.05, 0.1) is 11.3 Å². The molecule has 1 aromatic rings. The van der Waals surface area contributed by atoms with Gasteiger partial charge in [0.25, 0.3) is 0 Å². The van der Waals surface area contributed by atoms with Crippen molar-refractivity contribution in [1.29, 1.82) is 5.26 Å². The molecule has 8 heteroatoms. The van der Waals surface area contributed by atoms with E-state index in [-0.39, 0.29) is 24.2 Å². The Balaban J connectivity index is 2.40. The lowest BCUT2D eigenvalue weighted by Crippen LogP contribution is -2.32. The highest BCUT2D eigenvalue weighted by Crippen LogP contribution is 2.28. The zero-order chi connectivity index (χ0) is 14.2. The number of primary sulfonamides is 1. The number of nitrogens with zero attached hydrogens (tertiary/aromatic N) is 2. The predicted molar refractivity (Wildman–Crippen MR) is 65.0 cm³/mol. The van der Waals surface area contributed by atoms with Gasteiger partial charge < -0.3 is 4.90 Å². The normalized spacial score (nSPS) is 19.5. The molecule has 100 valence electrons. The van der Waals surface area contributed by atoms with E-state index in [1.165, 1.54) is 18.2 Å². The van der Waals surface area contributed by atoms with E-state index in [0.717, 1.165) is 4.90 Å². The summed E-state index contributed by atoms with van der Waals surface area (Å²) in [5, 5.41) is 12.7. The number of hydrogen-bond donors (Lipinski definition) is 1. The quantitative estimate of drug-likeness (QED) is 0.830. The Morgan fingerprint density at radius 3 is 2.68 bits per heavy atom. The molecule has 1 unspecified atom stereocenters. The molecule has 2 N–H and O–H groups in total. The number of carbonyl (C=O) groups is 1. The third kappa shape index (κ3) is 2.43. The number of anilines is 1. The molecular weight excluding hydrogens is 273 g/mol. The molecule has 0 spiro atoms. The van der Waals surface area contributed by atoms with Crippen LogP contribution in [0.1, 0.15) is 12.0 Å². The van der Waals surface area contributed by atoms with Gasteiger partial charge in [0, 0.05) is 13.0 Å². The van der Waals surface area contributed by atoms with Crippen molar-refractivity contribution in [2.45, 2.75) is 11.7 Å². The van der Waals surface area contributed by atoms with Crippen molar-refractivity contribution >= 4 is 21.6 Å². The molecule has 19 heavy (non-hydrogen) atoms. The summed E-state index contributed by atoms with van der Waals surface area (Å²) in [6.07, 6.45) is -0.283. The summed E-state index contributed by atoms with van der Waals surface area (Å²) >= 11 is 0. The highest BCUT2D eigenvalue weighted by atomic mass is 32.2. The average Bonchev–Trinajstić information content (AvgIpc) is 2.71. The van der Waals surface area contributed by atoms with Crippen molar-refractivity contribution in [3.63, 3.8) is 0 Å². The number of carbonyl (C=O) groups excluding carboxylic acids is 1. The fourth-order valence-electron chi connectivity index (χ4n) is 1.94. The van der Waals surface area contributed by atoms with E-state index in [1.54, 1.807) is 6.07 Å². The van der Waals surface area contributed by atoms with E-state index in [1.807, 2.05) is 0 Å². The van der Waals surface area contributed by atoms with Crippen LogP contribution in [0.15, 0.2) is 18.2 Å². The molecule has 1 aromatic carbocycles. The van der Waals surface area contributed by atoms with Gasteiger partial charge in [-0.25, -0.2) is 17.9 Å². The van der Waals surface area contributed by atoms with Crippen LogP contribution in [0.2, 0.25) is 0 Å². The van der Waals surface area contributed by atoms with Crippen LogP contribution in [-0.2, 0) is 14.8 Å². The minimum Gasteiger partial charge on any atom is -0.308 e. The molecule has 0 aliphatic carbocycles. The van der Waals surface area contributed by atoms with E-state index in [4.69, 9.17) is 10.4 Å².